The van der Waals surface area contributed by atoms with Gasteiger partial charge in [0.05, 0.1) is 6.54 Å². The van der Waals surface area contributed by atoms with Crippen molar-refractivity contribution in [3.63, 3.8) is 0 Å². The van der Waals surface area contributed by atoms with E-state index in [0.29, 0.717) is 6.54 Å². The Bertz CT molecular complexity index is 287. The third-order valence-corrected chi connectivity index (χ3v) is 3.23. The lowest BCUT2D eigenvalue weighted by Gasteiger charge is -2.23. The summed E-state index contributed by atoms with van der Waals surface area (Å²) in [5.41, 5.74) is 0.156. The molecule has 0 bridgehead atoms. The molecule has 0 aromatic carbocycles. The van der Waals surface area contributed by atoms with Crippen molar-refractivity contribution in [3.05, 3.63) is 0 Å². The molecule has 1 aliphatic carbocycles. The van der Waals surface area contributed by atoms with Crippen LogP contribution in [0.1, 0.15) is 32.6 Å². The van der Waals surface area contributed by atoms with Crippen LogP contribution >= 0.6 is 0 Å². The van der Waals surface area contributed by atoms with Gasteiger partial charge in [0.25, 0.3) is 0 Å². The normalized spacial score (nSPS) is 19.6. The molecule has 17 heavy (non-hydrogen) atoms. The molecule has 0 saturated heterocycles. The van der Waals surface area contributed by atoms with Crippen LogP contribution in [0.25, 0.3) is 0 Å². The van der Waals surface area contributed by atoms with Gasteiger partial charge in [0.1, 0.15) is 0 Å². The number of aliphatic carboxylic acids is 1. The number of hydrogen-bond acceptors (Lipinski definition) is 3. The van der Waals surface area contributed by atoms with Gasteiger partial charge in [-0.3, -0.25) is 0 Å². The van der Waals surface area contributed by atoms with Gasteiger partial charge in [-0.1, -0.05) is 19.8 Å². The van der Waals surface area contributed by atoms with Gasteiger partial charge in [0.15, 0.2) is 6.10 Å². The topological polar surface area (TPSA) is 98.7 Å². The van der Waals surface area contributed by atoms with E-state index in [4.69, 9.17) is 10.2 Å². The van der Waals surface area contributed by atoms with Gasteiger partial charge in [0, 0.05) is 6.54 Å². The minimum absolute atomic E-state index is 0.156. The number of rotatable bonds is 5. The maximum atomic E-state index is 11.3. The van der Waals surface area contributed by atoms with Crippen LogP contribution in [0.15, 0.2) is 0 Å². The lowest BCUT2D eigenvalue weighted by Crippen LogP contribution is -2.44. The fraction of sp³-hybridized carbons (Fsp3) is 0.818. The Morgan fingerprint density at radius 1 is 1.29 bits per heavy atom. The summed E-state index contributed by atoms with van der Waals surface area (Å²) < 4.78 is 0. The molecule has 4 N–H and O–H groups in total. The molecular formula is C11H20N2O4. The smallest absolute Gasteiger partial charge is 0.334 e. The zero-order valence-corrected chi connectivity index (χ0v) is 10.0. The molecule has 1 atom stereocenters. The minimum Gasteiger partial charge on any atom is -0.479 e. The van der Waals surface area contributed by atoms with Crippen LogP contribution in [-0.4, -0.2) is 41.4 Å². The fourth-order valence-corrected chi connectivity index (χ4v) is 2.04. The van der Waals surface area contributed by atoms with Crippen molar-refractivity contribution in [1.29, 1.82) is 0 Å². The van der Waals surface area contributed by atoms with E-state index in [-0.39, 0.29) is 12.0 Å². The molecule has 0 spiro atoms. The first-order chi connectivity index (χ1) is 7.93. The van der Waals surface area contributed by atoms with E-state index in [0.717, 1.165) is 12.8 Å². The number of amides is 2. The summed E-state index contributed by atoms with van der Waals surface area (Å²) in [4.78, 5) is 21.7. The zero-order chi connectivity index (χ0) is 12.9. The number of hydrogen-bond donors (Lipinski definition) is 4. The average Bonchev–Trinajstić information content (AvgIpc) is 2.70. The van der Waals surface area contributed by atoms with E-state index < -0.39 is 18.1 Å². The highest BCUT2D eigenvalue weighted by Crippen LogP contribution is 2.36. The standard InChI is InChI=1S/C11H20N2O4/c1-11(4-2-3-5-11)7-13-10(17)12-6-8(14)9(15)16/h8,14H,2-7H2,1H3,(H,15,16)(H2,12,13,17)/t8-/m0/s1. The van der Waals surface area contributed by atoms with Crippen molar-refractivity contribution in [2.75, 3.05) is 13.1 Å². The number of carbonyl (C=O) groups excluding carboxylic acids is 1. The number of carboxylic acid groups (broad SMARTS) is 1. The molecule has 0 unspecified atom stereocenters. The number of carbonyl (C=O) groups is 2. The van der Waals surface area contributed by atoms with Crippen molar-refractivity contribution in [1.82, 2.24) is 10.6 Å². The molecule has 0 radical (unpaired) electrons. The zero-order valence-electron chi connectivity index (χ0n) is 10.0. The first-order valence-corrected chi connectivity index (χ1v) is 5.85. The van der Waals surface area contributed by atoms with Crippen molar-refractivity contribution in [2.45, 2.75) is 38.7 Å². The van der Waals surface area contributed by atoms with Gasteiger partial charge >= 0.3 is 12.0 Å². The Hall–Kier alpha value is -1.30. The van der Waals surface area contributed by atoms with E-state index in [1.54, 1.807) is 0 Å². The van der Waals surface area contributed by atoms with E-state index in [9.17, 15) is 9.59 Å². The highest BCUT2D eigenvalue weighted by molar-refractivity contribution is 5.76. The number of carboxylic acids is 1. The maximum Gasteiger partial charge on any atom is 0.334 e. The third-order valence-electron chi connectivity index (χ3n) is 3.23. The Balaban J connectivity index is 2.19. The van der Waals surface area contributed by atoms with Crippen LogP contribution in [0, 0.1) is 5.41 Å². The lowest BCUT2D eigenvalue weighted by molar-refractivity contribution is -0.146. The first kappa shape index (κ1) is 13.8. The van der Waals surface area contributed by atoms with E-state index in [1.165, 1.54) is 12.8 Å². The predicted octanol–water partition coefficient (Wildman–Crippen LogP) is 0.311. The Morgan fingerprint density at radius 3 is 2.41 bits per heavy atom. The Kier molecular flexibility index (Phi) is 4.74. The van der Waals surface area contributed by atoms with Gasteiger partial charge in [-0.15, -0.1) is 0 Å². The number of aliphatic hydroxyl groups excluding tert-OH is 1. The molecule has 0 heterocycles. The summed E-state index contributed by atoms with van der Waals surface area (Å²) in [5.74, 6) is -1.34. The molecule has 6 heteroatoms. The highest BCUT2D eigenvalue weighted by Gasteiger charge is 2.28. The van der Waals surface area contributed by atoms with Gasteiger partial charge in [0.2, 0.25) is 0 Å². The summed E-state index contributed by atoms with van der Waals surface area (Å²) in [6, 6.07) is -0.432. The highest BCUT2D eigenvalue weighted by atomic mass is 16.4. The van der Waals surface area contributed by atoms with Crippen LogP contribution in [0.4, 0.5) is 4.79 Å². The SMILES string of the molecule is CC1(CNC(=O)NC[C@H](O)C(=O)O)CCCC1. The van der Waals surface area contributed by atoms with E-state index >= 15 is 0 Å². The second-order valence-corrected chi connectivity index (χ2v) is 4.94. The van der Waals surface area contributed by atoms with Crippen LogP contribution in [0.5, 0.6) is 0 Å². The molecule has 98 valence electrons. The van der Waals surface area contributed by atoms with Gasteiger partial charge in [-0.2, -0.15) is 0 Å². The van der Waals surface area contributed by atoms with Crippen molar-refractivity contribution in [2.24, 2.45) is 5.41 Å². The van der Waals surface area contributed by atoms with Crippen molar-refractivity contribution < 1.29 is 19.8 Å². The minimum atomic E-state index is -1.55. The summed E-state index contributed by atoms with van der Waals surface area (Å²) in [6.45, 7) is 2.44. The molecule has 6 nitrogen and oxygen atoms in total. The molecule has 1 fully saturated rings. The largest absolute Gasteiger partial charge is 0.479 e. The quantitative estimate of drug-likeness (QED) is 0.559. The molecule has 1 aliphatic rings. The molecule has 1 rings (SSSR count). The van der Waals surface area contributed by atoms with Gasteiger partial charge < -0.3 is 20.8 Å². The number of nitrogens with one attached hydrogen (secondary N) is 2. The molecule has 2 amide bonds. The van der Waals surface area contributed by atoms with Gasteiger partial charge in [-0.05, 0) is 18.3 Å². The second-order valence-electron chi connectivity index (χ2n) is 4.94. The summed E-state index contributed by atoms with van der Waals surface area (Å²) in [5, 5.41) is 22.4. The van der Waals surface area contributed by atoms with E-state index in [2.05, 4.69) is 17.6 Å². The van der Waals surface area contributed by atoms with Crippen LogP contribution in [0.3, 0.4) is 0 Å². The monoisotopic (exact) mass is 244 g/mol. The summed E-state index contributed by atoms with van der Waals surface area (Å²) in [7, 11) is 0. The Labute approximate surface area is 100 Å². The van der Waals surface area contributed by atoms with Crippen LogP contribution < -0.4 is 10.6 Å². The predicted molar refractivity (Wildman–Crippen MR) is 61.6 cm³/mol. The fourth-order valence-electron chi connectivity index (χ4n) is 2.04. The summed E-state index contributed by atoms with van der Waals surface area (Å²) >= 11 is 0. The first-order valence-electron chi connectivity index (χ1n) is 5.85. The molecule has 1 saturated carbocycles. The van der Waals surface area contributed by atoms with Crippen LogP contribution in [-0.2, 0) is 4.79 Å². The average molecular weight is 244 g/mol. The summed E-state index contributed by atoms with van der Waals surface area (Å²) in [6.07, 6.45) is 3.04. The number of urea groups is 1. The van der Waals surface area contributed by atoms with Crippen LogP contribution in [0.2, 0.25) is 0 Å². The molecular weight excluding hydrogens is 224 g/mol. The molecule has 0 aliphatic heterocycles. The Morgan fingerprint density at radius 2 is 1.88 bits per heavy atom. The lowest BCUT2D eigenvalue weighted by atomic mass is 9.89. The van der Waals surface area contributed by atoms with Crippen molar-refractivity contribution >= 4 is 12.0 Å². The van der Waals surface area contributed by atoms with Gasteiger partial charge in [-0.25, -0.2) is 9.59 Å². The third kappa shape index (κ3) is 4.60. The van der Waals surface area contributed by atoms with Crippen molar-refractivity contribution in [3.8, 4) is 0 Å². The number of aliphatic hydroxyl groups is 1. The molecule has 0 aromatic rings. The maximum absolute atomic E-state index is 11.3. The molecule has 0 aromatic heterocycles. The van der Waals surface area contributed by atoms with E-state index in [1.807, 2.05) is 0 Å². The second kappa shape index (κ2) is 5.86.